The lowest BCUT2D eigenvalue weighted by molar-refractivity contribution is 0.332. The fourth-order valence-corrected chi connectivity index (χ4v) is 3.83. The molecule has 2 heteroatoms. The third kappa shape index (κ3) is 4.06. The average Bonchev–Trinajstić information content (AvgIpc) is 2.41. The maximum atomic E-state index is 4.59. The lowest BCUT2D eigenvalue weighted by atomic mass is 9.84. The van der Waals surface area contributed by atoms with Crippen LogP contribution in [0.15, 0.2) is 0 Å². The Kier molecular flexibility index (Phi) is 5.76. The van der Waals surface area contributed by atoms with Crippen LogP contribution in [-0.4, -0.2) is 16.8 Å². The van der Waals surface area contributed by atoms with Gasteiger partial charge in [-0.25, -0.2) is 0 Å². The SMILES string of the molecule is CC(C)SCC1(CS)CCCCCC1. The molecule has 84 valence electrons. The first kappa shape index (κ1) is 12.8. The van der Waals surface area contributed by atoms with E-state index in [1.807, 2.05) is 0 Å². The minimum Gasteiger partial charge on any atom is -0.179 e. The molecular weight excluding hydrogens is 208 g/mol. The first-order chi connectivity index (χ1) is 6.68. The van der Waals surface area contributed by atoms with E-state index in [-0.39, 0.29) is 0 Å². The zero-order chi connectivity index (χ0) is 10.4. The highest BCUT2D eigenvalue weighted by atomic mass is 32.2. The van der Waals surface area contributed by atoms with Gasteiger partial charge < -0.3 is 0 Å². The summed E-state index contributed by atoms with van der Waals surface area (Å²) in [6, 6.07) is 0. The molecule has 0 heterocycles. The van der Waals surface area contributed by atoms with Gasteiger partial charge in [-0.2, -0.15) is 24.4 Å². The first-order valence-corrected chi connectivity index (χ1v) is 7.59. The van der Waals surface area contributed by atoms with Gasteiger partial charge in [0, 0.05) is 0 Å². The molecule has 0 radical (unpaired) electrons. The first-order valence-electron chi connectivity index (χ1n) is 5.91. The Morgan fingerprint density at radius 3 is 2.14 bits per heavy atom. The molecule has 0 atom stereocenters. The predicted molar refractivity (Wildman–Crippen MR) is 71.6 cm³/mol. The summed E-state index contributed by atoms with van der Waals surface area (Å²) in [5, 5.41) is 0.773. The van der Waals surface area contributed by atoms with Gasteiger partial charge in [-0.3, -0.25) is 0 Å². The summed E-state index contributed by atoms with van der Waals surface area (Å²) >= 11 is 6.71. The highest BCUT2D eigenvalue weighted by Gasteiger charge is 2.29. The normalized spacial score (nSPS) is 22.3. The van der Waals surface area contributed by atoms with Gasteiger partial charge in [-0.05, 0) is 35.0 Å². The van der Waals surface area contributed by atoms with Crippen molar-refractivity contribution in [3.63, 3.8) is 0 Å². The number of hydrogen-bond donors (Lipinski definition) is 1. The topological polar surface area (TPSA) is 0 Å². The molecule has 1 fully saturated rings. The Morgan fingerprint density at radius 2 is 1.71 bits per heavy atom. The van der Waals surface area contributed by atoms with Crippen LogP contribution in [0.3, 0.4) is 0 Å². The molecule has 0 spiro atoms. The third-order valence-corrected chi connectivity index (χ3v) is 5.34. The summed E-state index contributed by atoms with van der Waals surface area (Å²) in [6.07, 6.45) is 8.58. The van der Waals surface area contributed by atoms with Gasteiger partial charge in [0.25, 0.3) is 0 Å². The zero-order valence-electron chi connectivity index (χ0n) is 9.59. The minimum absolute atomic E-state index is 0.564. The Balaban J connectivity index is 2.45. The van der Waals surface area contributed by atoms with Gasteiger partial charge >= 0.3 is 0 Å². The molecule has 0 N–H and O–H groups in total. The molecule has 1 aliphatic carbocycles. The van der Waals surface area contributed by atoms with E-state index in [1.165, 1.54) is 44.3 Å². The zero-order valence-corrected chi connectivity index (χ0v) is 11.3. The van der Waals surface area contributed by atoms with Crippen LogP contribution in [-0.2, 0) is 0 Å². The third-order valence-electron chi connectivity index (χ3n) is 3.22. The van der Waals surface area contributed by atoms with Crippen molar-refractivity contribution < 1.29 is 0 Å². The van der Waals surface area contributed by atoms with Gasteiger partial charge in [-0.15, -0.1) is 0 Å². The van der Waals surface area contributed by atoms with Crippen LogP contribution < -0.4 is 0 Å². The molecular formula is C12H24S2. The quantitative estimate of drug-likeness (QED) is 0.554. The molecule has 0 nitrogen and oxygen atoms in total. The highest BCUT2D eigenvalue weighted by molar-refractivity contribution is 7.99. The number of thiol groups is 1. The van der Waals surface area contributed by atoms with Crippen molar-refractivity contribution >= 4 is 24.4 Å². The van der Waals surface area contributed by atoms with E-state index in [2.05, 4.69) is 38.2 Å². The fourth-order valence-electron chi connectivity index (χ4n) is 2.17. The second kappa shape index (κ2) is 6.32. The van der Waals surface area contributed by atoms with Crippen LogP contribution in [0.25, 0.3) is 0 Å². The monoisotopic (exact) mass is 232 g/mol. The van der Waals surface area contributed by atoms with Crippen LogP contribution >= 0.6 is 24.4 Å². The lowest BCUT2D eigenvalue weighted by Crippen LogP contribution is -2.26. The van der Waals surface area contributed by atoms with Crippen molar-refractivity contribution in [1.82, 2.24) is 0 Å². The highest BCUT2D eigenvalue weighted by Crippen LogP contribution is 2.39. The van der Waals surface area contributed by atoms with Crippen LogP contribution in [0, 0.1) is 5.41 Å². The van der Waals surface area contributed by atoms with E-state index >= 15 is 0 Å². The van der Waals surface area contributed by atoms with Crippen LogP contribution in [0.4, 0.5) is 0 Å². The van der Waals surface area contributed by atoms with Gasteiger partial charge in [0.15, 0.2) is 0 Å². The van der Waals surface area contributed by atoms with Crippen molar-refractivity contribution in [2.24, 2.45) is 5.41 Å². The summed E-state index contributed by atoms with van der Waals surface area (Å²) in [6.45, 7) is 4.60. The lowest BCUT2D eigenvalue weighted by Gasteiger charge is -2.31. The standard InChI is InChI=1S/C12H24S2/c1-11(2)14-10-12(9-13)7-5-3-4-6-8-12/h11,13H,3-10H2,1-2H3. The second-order valence-corrected chi connectivity index (χ2v) is 6.81. The maximum Gasteiger partial charge on any atom is -0.0000414 e. The smallest absolute Gasteiger partial charge is 0.0000414 e. The molecule has 0 bridgehead atoms. The molecule has 0 aromatic heterocycles. The fraction of sp³-hybridized carbons (Fsp3) is 1.00. The van der Waals surface area contributed by atoms with Crippen LogP contribution in [0.2, 0.25) is 0 Å². The number of thioether (sulfide) groups is 1. The Labute approximate surface area is 99.0 Å². The van der Waals surface area contributed by atoms with Crippen molar-refractivity contribution in [2.45, 2.75) is 57.6 Å². The molecule has 0 saturated heterocycles. The molecule has 14 heavy (non-hydrogen) atoms. The summed E-state index contributed by atoms with van der Waals surface area (Å²) in [4.78, 5) is 0. The van der Waals surface area contributed by atoms with E-state index in [1.54, 1.807) is 0 Å². The molecule has 0 aliphatic heterocycles. The van der Waals surface area contributed by atoms with Crippen molar-refractivity contribution in [1.29, 1.82) is 0 Å². The van der Waals surface area contributed by atoms with Crippen LogP contribution in [0.1, 0.15) is 52.4 Å². The predicted octanol–water partition coefficient (Wildman–Crippen LogP) is 4.40. The van der Waals surface area contributed by atoms with E-state index in [0.717, 1.165) is 11.0 Å². The minimum atomic E-state index is 0.564. The second-order valence-electron chi connectivity index (χ2n) is 4.93. The molecule has 0 unspecified atom stereocenters. The summed E-state index contributed by atoms with van der Waals surface area (Å²) < 4.78 is 0. The number of rotatable bonds is 4. The van der Waals surface area contributed by atoms with Gasteiger partial charge in [0.05, 0.1) is 0 Å². The molecule has 0 aromatic rings. The molecule has 1 saturated carbocycles. The Bertz CT molecular complexity index is 146. The van der Waals surface area contributed by atoms with Crippen LogP contribution in [0.5, 0.6) is 0 Å². The summed E-state index contributed by atoms with van der Waals surface area (Å²) in [7, 11) is 0. The maximum absolute atomic E-state index is 4.59. The van der Waals surface area contributed by atoms with Crippen molar-refractivity contribution in [3.05, 3.63) is 0 Å². The molecule has 1 aliphatic rings. The largest absolute Gasteiger partial charge is 0.179 e. The van der Waals surface area contributed by atoms with E-state index in [9.17, 15) is 0 Å². The summed E-state index contributed by atoms with van der Waals surface area (Å²) in [5.41, 5.74) is 0.564. The molecule has 0 aromatic carbocycles. The average molecular weight is 232 g/mol. The van der Waals surface area contributed by atoms with E-state index < -0.39 is 0 Å². The van der Waals surface area contributed by atoms with E-state index in [4.69, 9.17) is 0 Å². The molecule has 0 amide bonds. The number of hydrogen-bond acceptors (Lipinski definition) is 2. The van der Waals surface area contributed by atoms with Crippen molar-refractivity contribution in [3.8, 4) is 0 Å². The molecule has 1 rings (SSSR count). The van der Waals surface area contributed by atoms with Crippen molar-refractivity contribution in [2.75, 3.05) is 11.5 Å². The Morgan fingerprint density at radius 1 is 1.14 bits per heavy atom. The summed E-state index contributed by atoms with van der Waals surface area (Å²) in [5.74, 6) is 2.42. The van der Waals surface area contributed by atoms with Gasteiger partial charge in [0.1, 0.15) is 0 Å². The van der Waals surface area contributed by atoms with Gasteiger partial charge in [0.2, 0.25) is 0 Å². The van der Waals surface area contributed by atoms with E-state index in [0.29, 0.717) is 5.41 Å². The Hall–Kier alpha value is 0.700. The van der Waals surface area contributed by atoms with Gasteiger partial charge in [-0.1, -0.05) is 39.5 Å².